The lowest BCUT2D eigenvalue weighted by Crippen LogP contribution is -2.16. The summed E-state index contributed by atoms with van der Waals surface area (Å²) < 4.78 is 10.2. The molecule has 0 N–H and O–H groups in total. The number of carbonyl (C=O) groups is 1. The summed E-state index contributed by atoms with van der Waals surface area (Å²) in [6.07, 6.45) is 3.68. The van der Waals surface area contributed by atoms with Gasteiger partial charge in [-0.2, -0.15) is 0 Å². The lowest BCUT2D eigenvalue weighted by atomic mass is 10.1. The van der Waals surface area contributed by atoms with Gasteiger partial charge in [-0.25, -0.2) is 4.79 Å². The fourth-order valence-corrected chi connectivity index (χ4v) is 1.66. The fourth-order valence-electron chi connectivity index (χ4n) is 1.66. The third kappa shape index (κ3) is 6.28. The molecule has 0 bridgehead atoms. The number of hydrogen-bond donors (Lipinski definition) is 0. The lowest BCUT2D eigenvalue weighted by Gasteiger charge is -2.12. The van der Waals surface area contributed by atoms with Gasteiger partial charge in [-0.3, -0.25) is 0 Å². The van der Waals surface area contributed by atoms with Gasteiger partial charge in [-0.05, 0) is 25.3 Å². The Morgan fingerprint density at radius 2 is 1.94 bits per heavy atom. The first kappa shape index (κ1) is 14.6. The molecule has 1 aromatic carbocycles. The number of carbonyl (C=O) groups excluding carboxylic acids is 1. The van der Waals surface area contributed by atoms with Gasteiger partial charge in [0.2, 0.25) is 0 Å². The lowest BCUT2D eigenvalue weighted by molar-refractivity contribution is 0.0215. The standard InChI is InChI=1S/C15H22O3/c1-3-4-6-9-13(2)18-15(16)17-12-14-10-7-5-8-11-14/h5,7-8,10-11,13H,3-4,6,9,12H2,1-2H3. The van der Waals surface area contributed by atoms with Gasteiger partial charge in [0, 0.05) is 0 Å². The Labute approximate surface area is 109 Å². The molecule has 0 fully saturated rings. The van der Waals surface area contributed by atoms with Crippen molar-refractivity contribution in [1.82, 2.24) is 0 Å². The smallest absolute Gasteiger partial charge is 0.431 e. The third-order valence-electron chi connectivity index (χ3n) is 2.71. The van der Waals surface area contributed by atoms with Crippen LogP contribution in [-0.4, -0.2) is 12.3 Å². The zero-order valence-electron chi connectivity index (χ0n) is 11.2. The Morgan fingerprint density at radius 1 is 1.22 bits per heavy atom. The van der Waals surface area contributed by atoms with Crippen molar-refractivity contribution < 1.29 is 14.3 Å². The minimum absolute atomic E-state index is 0.0696. The summed E-state index contributed by atoms with van der Waals surface area (Å²) in [6, 6.07) is 9.59. The van der Waals surface area contributed by atoms with Crippen LogP contribution in [0.4, 0.5) is 4.79 Å². The number of benzene rings is 1. The molecule has 3 nitrogen and oxygen atoms in total. The molecule has 1 rings (SSSR count). The van der Waals surface area contributed by atoms with Gasteiger partial charge in [0.25, 0.3) is 0 Å². The normalized spacial score (nSPS) is 11.9. The molecule has 0 saturated carbocycles. The number of ether oxygens (including phenoxy) is 2. The molecule has 0 aliphatic carbocycles. The van der Waals surface area contributed by atoms with E-state index in [-0.39, 0.29) is 12.7 Å². The zero-order chi connectivity index (χ0) is 13.2. The SMILES string of the molecule is CCCCCC(C)OC(=O)OCc1ccccc1. The molecule has 0 radical (unpaired) electrons. The van der Waals surface area contributed by atoms with E-state index in [0.29, 0.717) is 0 Å². The van der Waals surface area contributed by atoms with Gasteiger partial charge in [-0.15, -0.1) is 0 Å². The largest absolute Gasteiger partial charge is 0.508 e. The van der Waals surface area contributed by atoms with E-state index in [0.717, 1.165) is 18.4 Å². The maximum Gasteiger partial charge on any atom is 0.508 e. The molecule has 0 saturated heterocycles. The minimum Gasteiger partial charge on any atom is -0.431 e. The maximum atomic E-state index is 11.4. The number of unbranched alkanes of at least 4 members (excludes halogenated alkanes) is 2. The molecule has 18 heavy (non-hydrogen) atoms. The first-order valence-electron chi connectivity index (χ1n) is 6.59. The van der Waals surface area contributed by atoms with Gasteiger partial charge in [-0.1, -0.05) is 50.1 Å². The van der Waals surface area contributed by atoms with E-state index in [2.05, 4.69) is 6.92 Å². The Hall–Kier alpha value is -1.51. The minimum atomic E-state index is -0.581. The van der Waals surface area contributed by atoms with E-state index < -0.39 is 6.16 Å². The van der Waals surface area contributed by atoms with E-state index in [9.17, 15) is 4.79 Å². The van der Waals surface area contributed by atoms with Gasteiger partial charge in [0.1, 0.15) is 12.7 Å². The summed E-state index contributed by atoms with van der Waals surface area (Å²) in [5.74, 6) is 0. The Bertz CT molecular complexity index is 335. The van der Waals surface area contributed by atoms with Crippen LogP contribution in [-0.2, 0) is 16.1 Å². The highest BCUT2D eigenvalue weighted by atomic mass is 16.7. The van der Waals surface area contributed by atoms with E-state index in [1.54, 1.807) is 0 Å². The molecule has 0 amide bonds. The predicted molar refractivity (Wildman–Crippen MR) is 71.3 cm³/mol. The summed E-state index contributed by atoms with van der Waals surface area (Å²) in [5, 5.41) is 0. The molecule has 100 valence electrons. The summed E-state index contributed by atoms with van der Waals surface area (Å²) in [7, 11) is 0. The molecule has 0 aromatic heterocycles. The van der Waals surface area contributed by atoms with Gasteiger partial charge >= 0.3 is 6.16 Å². The van der Waals surface area contributed by atoms with Gasteiger partial charge < -0.3 is 9.47 Å². The van der Waals surface area contributed by atoms with Crippen molar-refractivity contribution in [2.24, 2.45) is 0 Å². The van der Waals surface area contributed by atoms with Gasteiger partial charge in [0.05, 0.1) is 0 Å². The van der Waals surface area contributed by atoms with Crippen molar-refractivity contribution in [2.45, 2.75) is 52.2 Å². The quantitative estimate of drug-likeness (QED) is 0.534. The molecule has 3 heteroatoms. The molecular formula is C15H22O3. The van der Waals surface area contributed by atoms with Crippen molar-refractivity contribution in [3.63, 3.8) is 0 Å². The molecule has 0 spiro atoms. The van der Waals surface area contributed by atoms with Crippen LogP contribution in [0.1, 0.15) is 45.1 Å². The average molecular weight is 250 g/mol. The average Bonchev–Trinajstić information content (AvgIpc) is 2.38. The van der Waals surface area contributed by atoms with E-state index in [1.807, 2.05) is 37.3 Å². The maximum absolute atomic E-state index is 11.4. The van der Waals surface area contributed by atoms with Crippen LogP contribution >= 0.6 is 0 Å². The molecule has 1 aromatic rings. The van der Waals surface area contributed by atoms with Crippen molar-refractivity contribution in [1.29, 1.82) is 0 Å². The second-order valence-electron chi connectivity index (χ2n) is 4.45. The highest BCUT2D eigenvalue weighted by Gasteiger charge is 2.10. The van der Waals surface area contributed by atoms with E-state index >= 15 is 0 Å². The Kier molecular flexibility index (Phi) is 6.92. The van der Waals surface area contributed by atoms with Crippen LogP contribution in [0.2, 0.25) is 0 Å². The molecule has 0 aliphatic rings. The van der Waals surface area contributed by atoms with Crippen molar-refractivity contribution in [3.8, 4) is 0 Å². The predicted octanol–water partition coefficient (Wildman–Crippen LogP) is 4.31. The third-order valence-corrected chi connectivity index (χ3v) is 2.71. The van der Waals surface area contributed by atoms with Crippen LogP contribution in [0.25, 0.3) is 0 Å². The molecule has 1 unspecified atom stereocenters. The summed E-state index contributed by atoms with van der Waals surface area (Å²) in [6.45, 7) is 4.32. The first-order chi connectivity index (χ1) is 8.72. The summed E-state index contributed by atoms with van der Waals surface area (Å²) >= 11 is 0. The van der Waals surface area contributed by atoms with Crippen molar-refractivity contribution >= 4 is 6.16 Å². The molecular weight excluding hydrogens is 228 g/mol. The van der Waals surface area contributed by atoms with Crippen molar-refractivity contribution in [3.05, 3.63) is 35.9 Å². The van der Waals surface area contributed by atoms with Gasteiger partial charge in [0.15, 0.2) is 0 Å². The molecule has 1 atom stereocenters. The second-order valence-corrected chi connectivity index (χ2v) is 4.45. The Morgan fingerprint density at radius 3 is 2.61 bits per heavy atom. The molecule has 0 heterocycles. The van der Waals surface area contributed by atoms with Crippen LogP contribution in [0.3, 0.4) is 0 Å². The van der Waals surface area contributed by atoms with Crippen molar-refractivity contribution in [2.75, 3.05) is 0 Å². The fraction of sp³-hybridized carbons (Fsp3) is 0.533. The summed E-state index contributed by atoms with van der Waals surface area (Å²) in [5.41, 5.74) is 0.966. The summed E-state index contributed by atoms with van der Waals surface area (Å²) in [4.78, 5) is 11.4. The highest BCUT2D eigenvalue weighted by molar-refractivity contribution is 5.60. The highest BCUT2D eigenvalue weighted by Crippen LogP contribution is 2.08. The van der Waals surface area contributed by atoms with E-state index in [4.69, 9.17) is 9.47 Å². The van der Waals surface area contributed by atoms with Crippen LogP contribution in [0.15, 0.2) is 30.3 Å². The number of hydrogen-bond acceptors (Lipinski definition) is 3. The first-order valence-corrected chi connectivity index (χ1v) is 6.59. The molecule has 0 aliphatic heterocycles. The number of rotatable bonds is 7. The van der Waals surface area contributed by atoms with Crippen LogP contribution < -0.4 is 0 Å². The van der Waals surface area contributed by atoms with E-state index in [1.165, 1.54) is 12.8 Å². The topological polar surface area (TPSA) is 35.5 Å². The zero-order valence-corrected chi connectivity index (χ0v) is 11.2. The monoisotopic (exact) mass is 250 g/mol. The van der Waals surface area contributed by atoms with Crippen LogP contribution in [0, 0.1) is 0 Å². The second kappa shape index (κ2) is 8.56. The van der Waals surface area contributed by atoms with Crippen LogP contribution in [0.5, 0.6) is 0 Å². The Balaban J connectivity index is 2.17.